The van der Waals surface area contributed by atoms with Crippen LogP contribution < -0.4 is 0 Å². The average molecular weight is 340 g/mol. The summed E-state index contributed by atoms with van der Waals surface area (Å²) in [7, 11) is 0. The van der Waals surface area contributed by atoms with Crippen LogP contribution in [0.3, 0.4) is 0 Å². The van der Waals surface area contributed by atoms with E-state index in [0.717, 1.165) is 16.7 Å². The molecule has 3 aromatic rings. The van der Waals surface area contributed by atoms with Gasteiger partial charge in [-0.05, 0) is 30.3 Å². The van der Waals surface area contributed by atoms with Crippen molar-refractivity contribution in [3.05, 3.63) is 86.1 Å². The van der Waals surface area contributed by atoms with Crippen LogP contribution in [0.2, 0.25) is 0 Å². The van der Waals surface area contributed by atoms with Gasteiger partial charge in [-0.25, -0.2) is 29.9 Å². The van der Waals surface area contributed by atoms with Crippen LogP contribution in [0.25, 0.3) is 22.8 Å². The number of hydrogen-bond donors (Lipinski definition) is 0. The third kappa shape index (κ3) is 3.99. The summed E-state index contributed by atoms with van der Waals surface area (Å²) in [5.74, 6) is 1.68. The molecule has 3 rings (SSSR count). The van der Waals surface area contributed by atoms with E-state index >= 15 is 0 Å². The summed E-state index contributed by atoms with van der Waals surface area (Å²) in [6.45, 7) is 7.31. The van der Waals surface area contributed by atoms with Crippen molar-refractivity contribution < 1.29 is 0 Å². The van der Waals surface area contributed by atoms with Gasteiger partial charge in [-0.3, -0.25) is 0 Å². The highest BCUT2D eigenvalue weighted by atomic mass is 14.9. The summed E-state index contributed by atoms with van der Waals surface area (Å²) in [6.07, 6.45) is 11.4. The Morgan fingerprint density at radius 2 is 1.35 bits per heavy atom. The lowest BCUT2D eigenvalue weighted by atomic mass is 10.0. The Balaban J connectivity index is 2.20. The number of amidine groups is 1. The highest BCUT2D eigenvalue weighted by molar-refractivity contribution is 6.05. The molecule has 0 aliphatic rings. The van der Waals surface area contributed by atoms with Crippen LogP contribution in [0.4, 0.5) is 0 Å². The molecule has 2 heterocycles. The Labute approximate surface area is 151 Å². The van der Waals surface area contributed by atoms with Gasteiger partial charge in [-0.1, -0.05) is 19.2 Å². The van der Waals surface area contributed by atoms with E-state index in [1.807, 2.05) is 18.2 Å². The van der Waals surface area contributed by atoms with Crippen LogP contribution >= 0.6 is 0 Å². The van der Waals surface area contributed by atoms with Crippen molar-refractivity contribution in [3.63, 3.8) is 0 Å². The van der Waals surface area contributed by atoms with E-state index in [2.05, 4.69) is 43.1 Å². The summed E-state index contributed by atoms with van der Waals surface area (Å²) in [5, 5.41) is 0. The number of hydrogen-bond acceptors (Lipinski definition) is 5. The second kappa shape index (κ2) is 8.34. The molecule has 0 bridgehead atoms. The third-order valence-electron chi connectivity index (χ3n) is 3.35. The number of nitrogens with zero attached hydrogens (tertiary/aromatic N) is 6. The predicted octanol–water partition coefficient (Wildman–Crippen LogP) is 3.75. The van der Waals surface area contributed by atoms with Gasteiger partial charge in [0.05, 0.1) is 0 Å². The molecule has 6 heteroatoms. The molecule has 26 heavy (non-hydrogen) atoms. The minimum absolute atomic E-state index is 0.495. The maximum atomic E-state index is 4.33. The van der Waals surface area contributed by atoms with Crippen LogP contribution in [0, 0.1) is 0 Å². The normalized spacial score (nSPS) is 11.5. The maximum Gasteiger partial charge on any atom is 0.159 e. The summed E-state index contributed by atoms with van der Waals surface area (Å²) < 4.78 is 0. The van der Waals surface area contributed by atoms with Gasteiger partial charge in [0, 0.05) is 53.9 Å². The molecule has 0 N–H and O–H groups in total. The van der Waals surface area contributed by atoms with Crippen molar-refractivity contribution in [1.29, 1.82) is 0 Å². The SMILES string of the molecule is C=C/C=N\C(=N/C=C)c1cc(-c2ncccn2)cc(-c2ncccn2)c1. The summed E-state index contributed by atoms with van der Waals surface area (Å²) in [4.78, 5) is 25.9. The largest absolute Gasteiger partial charge is 0.237 e. The highest BCUT2D eigenvalue weighted by Gasteiger charge is 2.11. The molecular weight excluding hydrogens is 324 g/mol. The van der Waals surface area contributed by atoms with Gasteiger partial charge in [-0.15, -0.1) is 0 Å². The number of aromatic nitrogens is 4. The van der Waals surface area contributed by atoms with Crippen LogP contribution in [-0.4, -0.2) is 32.0 Å². The van der Waals surface area contributed by atoms with E-state index in [4.69, 9.17) is 0 Å². The van der Waals surface area contributed by atoms with Crippen LogP contribution in [0.15, 0.2) is 90.5 Å². The maximum absolute atomic E-state index is 4.33. The van der Waals surface area contributed by atoms with Crippen molar-refractivity contribution in [1.82, 2.24) is 19.9 Å². The number of allylic oxidation sites excluding steroid dienone is 1. The van der Waals surface area contributed by atoms with Crippen LogP contribution in [0.1, 0.15) is 5.56 Å². The molecule has 0 atom stereocenters. The smallest absolute Gasteiger partial charge is 0.159 e. The lowest BCUT2D eigenvalue weighted by Crippen LogP contribution is -2.00. The summed E-state index contributed by atoms with van der Waals surface area (Å²) in [6, 6.07) is 9.33. The second-order valence-electron chi connectivity index (χ2n) is 5.09. The van der Waals surface area contributed by atoms with Crippen molar-refractivity contribution in [2.45, 2.75) is 0 Å². The molecule has 0 amide bonds. The van der Waals surface area contributed by atoms with Crippen molar-refractivity contribution in [2.75, 3.05) is 0 Å². The molecular formula is C20H16N6. The van der Waals surface area contributed by atoms with Crippen molar-refractivity contribution in [2.24, 2.45) is 9.98 Å². The lowest BCUT2D eigenvalue weighted by molar-refractivity contribution is 1.16. The Bertz CT molecular complexity index is 904. The van der Waals surface area contributed by atoms with Crippen LogP contribution in [0.5, 0.6) is 0 Å². The monoisotopic (exact) mass is 340 g/mol. The van der Waals surface area contributed by atoms with Gasteiger partial charge in [0.25, 0.3) is 0 Å². The van der Waals surface area contributed by atoms with Crippen molar-refractivity contribution in [3.8, 4) is 22.8 Å². The number of rotatable bonds is 5. The number of aliphatic imine (C=N–C) groups is 2. The Kier molecular flexibility index (Phi) is 5.47. The molecule has 6 nitrogen and oxygen atoms in total. The van der Waals surface area contributed by atoms with Gasteiger partial charge in [-0.2, -0.15) is 0 Å². The zero-order chi connectivity index (χ0) is 18.2. The molecule has 0 fully saturated rings. The lowest BCUT2D eigenvalue weighted by Gasteiger charge is -2.08. The minimum atomic E-state index is 0.495. The van der Waals surface area contributed by atoms with E-state index in [9.17, 15) is 0 Å². The van der Waals surface area contributed by atoms with Crippen LogP contribution in [-0.2, 0) is 0 Å². The third-order valence-corrected chi connectivity index (χ3v) is 3.35. The van der Waals surface area contributed by atoms with Gasteiger partial charge in [0.1, 0.15) is 0 Å². The molecule has 0 spiro atoms. The Morgan fingerprint density at radius 3 is 1.81 bits per heavy atom. The highest BCUT2D eigenvalue weighted by Crippen LogP contribution is 2.25. The first-order valence-electron chi connectivity index (χ1n) is 7.86. The molecule has 0 unspecified atom stereocenters. The molecule has 0 saturated carbocycles. The quantitative estimate of drug-likeness (QED) is 0.523. The van der Waals surface area contributed by atoms with Gasteiger partial charge in [0.2, 0.25) is 0 Å². The van der Waals surface area contributed by atoms with Crippen molar-refractivity contribution >= 4 is 12.1 Å². The molecule has 2 aromatic heterocycles. The van der Waals surface area contributed by atoms with E-state index in [0.29, 0.717) is 17.5 Å². The zero-order valence-corrected chi connectivity index (χ0v) is 14.0. The summed E-state index contributed by atoms with van der Waals surface area (Å²) >= 11 is 0. The summed E-state index contributed by atoms with van der Waals surface area (Å²) in [5.41, 5.74) is 2.41. The predicted molar refractivity (Wildman–Crippen MR) is 104 cm³/mol. The van der Waals surface area contributed by atoms with Gasteiger partial charge in [0.15, 0.2) is 17.5 Å². The molecule has 0 aliphatic heterocycles. The van der Waals surface area contributed by atoms with Gasteiger partial charge < -0.3 is 0 Å². The molecule has 0 saturated heterocycles. The van der Waals surface area contributed by atoms with E-state index in [1.54, 1.807) is 49.2 Å². The first-order chi connectivity index (χ1) is 12.8. The first-order valence-corrected chi connectivity index (χ1v) is 7.86. The fraction of sp³-hybridized carbons (Fsp3) is 0. The fourth-order valence-corrected chi connectivity index (χ4v) is 2.30. The Morgan fingerprint density at radius 1 is 0.808 bits per heavy atom. The number of benzene rings is 1. The van der Waals surface area contributed by atoms with E-state index in [-0.39, 0.29) is 0 Å². The average Bonchev–Trinajstić information content (AvgIpc) is 2.72. The van der Waals surface area contributed by atoms with E-state index < -0.39 is 0 Å². The fourth-order valence-electron chi connectivity index (χ4n) is 2.30. The standard InChI is InChI=1S/C20H16N6/c1-3-7-22-18(21-4-2)15-12-16(19-23-8-5-9-24-19)14-17(13-15)20-25-10-6-11-26-20/h3-14H,1-2H2/b21-18-,22-7-. The topological polar surface area (TPSA) is 76.3 Å². The molecule has 0 radical (unpaired) electrons. The molecule has 1 aromatic carbocycles. The molecule has 0 aliphatic carbocycles. The minimum Gasteiger partial charge on any atom is -0.237 e. The first kappa shape index (κ1) is 17.0. The van der Waals surface area contributed by atoms with Gasteiger partial charge >= 0.3 is 0 Å². The van der Waals surface area contributed by atoms with E-state index in [1.165, 1.54) is 6.20 Å². The second-order valence-corrected chi connectivity index (χ2v) is 5.09. The zero-order valence-electron chi connectivity index (χ0n) is 14.0. The molecule has 126 valence electrons. The Hall–Kier alpha value is -3.80.